The third-order valence-corrected chi connectivity index (χ3v) is 5.19. The van der Waals surface area contributed by atoms with Crippen molar-refractivity contribution in [3.05, 3.63) is 52.9 Å². The largest absolute Gasteiger partial charge is 0.482 e. The zero-order chi connectivity index (χ0) is 16.7. The third kappa shape index (κ3) is 2.51. The van der Waals surface area contributed by atoms with Crippen LogP contribution >= 0.6 is 11.3 Å². The van der Waals surface area contributed by atoms with Gasteiger partial charge in [-0.05, 0) is 42.1 Å². The van der Waals surface area contributed by atoms with E-state index in [0.29, 0.717) is 22.0 Å². The fourth-order valence-electron chi connectivity index (χ4n) is 2.74. The molecule has 0 atom stereocenters. The molecule has 24 heavy (non-hydrogen) atoms. The lowest BCUT2D eigenvalue weighted by atomic mass is 10.1. The number of thiophene rings is 1. The highest BCUT2D eigenvalue weighted by molar-refractivity contribution is 7.21. The molecular formula is C18H14N2O3S. The van der Waals surface area contributed by atoms with Crippen LogP contribution in [0.25, 0.3) is 10.1 Å². The van der Waals surface area contributed by atoms with Crippen LogP contribution in [0.3, 0.4) is 0 Å². The first-order valence-corrected chi connectivity index (χ1v) is 8.29. The molecule has 0 spiro atoms. The van der Waals surface area contributed by atoms with Crippen molar-refractivity contribution in [3.8, 4) is 5.75 Å². The van der Waals surface area contributed by atoms with Crippen molar-refractivity contribution in [3.63, 3.8) is 0 Å². The summed E-state index contributed by atoms with van der Waals surface area (Å²) in [6.07, 6.45) is 0. The van der Waals surface area contributed by atoms with Crippen LogP contribution in [0.15, 0.2) is 42.5 Å². The zero-order valence-electron chi connectivity index (χ0n) is 12.9. The van der Waals surface area contributed by atoms with Gasteiger partial charge in [0.25, 0.3) is 11.8 Å². The van der Waals surface area contributed by atoms with E-state index in [1.54, 1.807) is 18.2 Å². The van der Waals surface area contributed by atoms with E-state index in [1.807, 2.05) is 31.2 Å². The summed E-state index contributed by atoms with van der Waals surface area (Å²) < 4.78 is 6.41. The summed E-state index contributed by atoms with van der Waals surface area (Å²) >= 11 is 1.47. The molecule has 0 unspecified atom stereocenters. The molecule has 2 aromatic carbocycles. The number of carbonyl (C=O) groups is 2. The molecule has 0 fully saturated rings. The summed E-state index contributed by atoms with van der Waals surface area (Å²) in [6.45, 7) is 1.97. The van der Waals surface area contributed by atoms with Gasteiger partial charge in [0.1, 0.15) is 5.75 Å². The molecule has 0 bridgehead atoms. The molecule has 2 N–H and O–H groups in total. The minimum absolute atomic E-state index is 0.0136. The molecule has 1 aromatic heterocycles. The highest BCUT2D eigenvalue weighted by Gasteiger charge is 2.18. The molecule has 1 aliphatic heterocycles. The van der Waals surface area contributed by atoms with E-state index in [2.05, 4.69) is 10.6 Å². The number of anilines is 2. The van der Waals surface area contributed by atoms with Crippen molar-refractivity contribution in [2.24, 2.45) is 0 Å². The number of carbonyl (C=O) groups excluding carboxylic acids is 2. The second kappa shape index (κ2) is 5.65. The highest BCUT2D eigenvalue weighted by atomic mass is 32.1. The maximum atomic E-state index is 12.6. The van der Waals surface area contributed by atoms with Gasteiger partial charge in [-0.1, -0.05) is 18.2 Å². The molecule has 4 rings (SSSR count). The van der Waals surface area contributed by atoms with Gasteiger partial charge in [-0.15, -0.1) is 11.3 Å². The molecule has 6 heteroatoms. The standard InChI is InChI=1S/C18H14N2O3S/c1-10-12-4-2-3-5-15(12)24-17(10)18(22)19-11-6-7-14-13(8-11)20-16(21)9-23-14/h2-8H,9H2,1H3,(H,19,22)(H,20,21). The van der Waals surface area contributed by atoms with Gasteiger partial charge in [0.15, 0.2) is 6.61 Å². The van der Waals surface area contributed by atoms with E-state index in [1.165, 1.54) is 11.3 Å². The van der Waals surface area contributed by atoms with Crippen LogP contribution in [0.1, 0.15) is 15.2 Å². The Bertz CT molecular complexity index is 978. The summed E-state index contributed by atoms with van der Waals surface area (Å²) in [5, 5.41) is 6.72. The topological polar surface area (TPSA) is 67.4 Å². The quantitative estimate of drug-likeness (QED) is 0.747. The summed E-state index contributed by atoms with van der Waals surface area (Å²) in [5.41, 5.74) is 2.15. The zero-order valence-corrected chi connectivity index (χ0v) is 13.7. The Morgan fingerprint density at radius 1 is 1.25 bits per heavy atom. The van der Waals surface area contributed by atoms with Gasteiger partial charge in [-0.2, -0.15) is 0 Å². The Hall–Kier alpha value is -2.86. The van der Waals surface area contributed by atoms with Crippen molar-refractivity contribution < 1.29 is 14.3 Å². The third-order valence-electron chi connectivity index (χ3n) is 3.92. The van der Waals surface area contributed by atoms with Crippen molar-refractivity contribution in [2.75, 3.05) is 17.2 Å². The van der Waals surface area contributed by atoms with E-state index in [-0.39, 0.29) is 18.4 Å². The van der Waals surface area contributed by atoms with E-state index in [0.717, 1.165) is 15.6 Å². The lowest BCUT2D eigenvalue weighted by Gasteiger charge is -2.18. The summed E-state index contributed by atoms with van der Waals surface area (Å²) in [7, 11) is 0. The van der Waals surface area contributed by atoms with Gasteiger partial charge in [-0.3, -0.25) is 9.59 Å². The van der Waals surface area contributed by atoms with Crippen molar-refractivity contribution in [1.29, 1.82) is 0 Å². The Morgan fingerprint density at radius 3 is 2.92 bits per heavy atom. The maximum absolute atomic E-state index is 12.6. The molecule has 0 saturated carbocycles. The summed E-state index contributed by atoms with van der Waals surface area (Å²) in [5.74, 6) is 0.244. The van der Waals surface area contributed by atoms with Crippen molar-refractivity contribution >= 4 is 44.6 Å². The van der Waals surface area contributed by atoms with E-state index in [9.17, 15) is 9.59 Å². The predicted molar refractivity (Wildman–Crippen MR) is 95.1 cm³/mol. The van der Waals surface area contributed by atoms with Gasteiger partial charge >= 0.3 is 0 Å². The first kappa shape index (κ1) is 14.7. The maximum Gasteiger partial charge on any atom is 0.266 e. The average Bonchev–Trinajstić information content (AvgIpc) is 2.92. The Kier molecular flexibility index (Phi) is 3.46. The van der Waals surface area contributed by atoms with Crippen LogP contribution in [0.2, 0.25) is 0 Å². The molecular weight excluding hydrogens is 324 g/mol. The molecule has 0 aliphatic carbocycles. The van der Waals surface area contributed by atoms with Crippen LogP contribution < -0.4 is 15.4 Å². The fraction of sp³-hybridized carbons (Fsp3) is 0.111. The number of ether oxygens (including phenoxy) is 1. The second-order valence-corrected chi connectivity index (χ2v) is 6.61. The number of amides is 2. The lowest BCUT2D eigenvalue weighted by molar-refractivity contribution is -0.118. The Balaban J connectivity index is 1.63. The van der Waals surface area contributed by atoms with Gasteiger partial charge in [0, 0.05) is 10.4 Å². The first-order valence-electron chi connectivity index (χ1n) is 7.48. The monoisotopic (exact) mass is 338 g/mol. The molecule has 5 nitrogen and oxygen atoms in total. The molecule has 2 amide bonds. The Labute approximate surface area is 142 Å². The number of hydrogen-bond acceptors (Lipinski definition) is 4. The molecule has 2 heterocycles. The number of rotatable bonds is 2. The smallest absolute Gasteiger partial charge is 0.266 e. The van der Waals surface area contributed by atoms with Crippen LogP contribution in [-0.2, 0) is 4.79 Å². The van der Waals surface area contributed by atoms with Gasteiger partial charge < -0.3 is 15.4 Å². The molecule has 0 radical (unpaired) electrons. The van der Waals surface area contributed by atoms with Crippen LogP contribution in [0, 0.1) is 6.92 Å². The number of nitrogens with one attached hydrogen (secondary N) is 2. The van der Waals surface area contributed by atoms with Crippen LogP contribution in [0.4, 0.5) is 11.4 Å². The summed E-state index contributed by atoms with van der Waals surface area (Å²) in [4.78, 5) is 24.7. The van der Waals surface area contributed by atoms with Crippen molar-refractivity contribution in [2.45, 2.75) is 6.92 Å². The SMILES string of the molecule is Cc1c(C(=O)Nc2ccc3c(c2)NC(=O)CO3)sc2ccccc12. The molecule has 3 aromatic rings. The van der Waals surface area contributed by atoms with Gasteiger partial charge in [0.2, 0.25) is 0 Å². The average molecular weight is 338 g/mol. The second-order valence-electron chi connectivity index (χ2n) is 5.55. The Morgan fingerprint density at radius 2 is 2.08 bits per heavy atom. The minimum Gasteiger partial charge on any atom is -0.482 e. The van der Waals surface area contributed by atoms with Crippen LogP contribution in [-0.4, -0.2) is 18.4 Å². The van der Waals surface area contributed by atoms with Crippen molar-refractivity contribution in [1.82, 2.24) is 0 Å². The number of benzene rings is 2. The normalized spacial score (nSPS) is 13.1. The van der Waals surface area contributed by atoms with E-state index < -0.39 is 0 Å². The summed E-state index contributed by atoms with van der Waals surface area (Å²) in [6, 6.07) is 13.2. The van der Waals surface area contributed by atoms with Gasteiger partial charge in [-0.25, -0.2) is 0 Å². The predicted octanol–water partition coefficient (Wildman–Crippen LogP) is 3.79. The van der Waals surface area contributed by atoms with Crippen LogP contribution in [0.5, 0.6) is 5.75 Å². The molecule has 0 saturated heterocycles. The number of hydrogen-bond donors (Lipinski definition) is 2. The van der Waals surface area contributed by atoms with Gasteiger partial charge in [0.05, 0.1) is 10.6 Å². The number of fused-ring (bicyclic) bond motifs is 2. The van der Waals surface area contributed by atoms with E-state index >= 15 is 0 Å². The molecule has 1 aliphatic rings. The first-order chi connectivity index (χ1) is 11.6. The minimum atomic E-state index is -0.202. The molecule has 120 valence electrons. The highest BCUT2D eigenvalue weighted by Crippen LogP contribution is 2.33. The lowest BCUT2D eigenvalue weighted by Crippen LogP contribution is -2.25. The fourth-order valence-corrected chi connectivity index (χ4v) is 3.84. The number of aryl methyl sites for hydroxylation is 1. The van der Waals surface area contributed by atoms with E-state index in [4.69, 9.17) is 4.74 Å².